The Morgan fingerprint density at radius 1 is 0.536 bits per heavy atom. The number of nitrogens with zero attached hydrogens (tertiary/aromatic N) is 2. The lowest BCUT2D eigenvalue weighted by atomic mass is 10.1. The van der Waals surface area contributed by atoms with E-state index >= 15 is 0 Å². The number of hydrogen-bond donors (Lipinski definition) is 4. The van der Waals surface area contributed by atoms with Gasteiger partial charge in [0.2, 0.25) is 12.8 Å². The van der Waals surface area contributed by atoms with Crippen LogP contribution in [0.5, 0.6) is 0 Å². The molecule has 3 aromatic carbocycles. The van der Waals surface area contributed by atoms with E-state index in [1.54, 1.807) is 60.7 Å². The lowest BCUT2D eigenvalue weighted by Crippen LogP contribution is -2.41. The monoisotopic (exact) mass is 772 g/mol. The van der Waals surface area contributed by atoms with Crippen molar-refractivity contribution in [3.63, 3.8) is 0 Å². The molecular formula is C40H48N6O10. The molecule has 298 valence electrons. The fourth-order valence-electron chi connectivity index (χ4n) is 5.46. The van der Waals surface area contributed by atoms with Crippen molar-refractivity contribution in [3.05, 3.63) is 107 Å². The van der Waals surface area contributed by atoms with Crippen molar-refractivity contribution in [1.82, 2.24) is 31.1 Å². The summed E-state index contributed by atoms with van der Waals surface area (Å²) < 4.78 is 9.66. The van der Waals surface area contributed by atoms with Gasteiger partial charge in [0, 0.05) is 35.3 Å². The zero-order valence-electron chi connectivity index (χ0n) is 31.4. The van der Waals surface area contributed by atoms with Crippen LogP contribution in [0.25, 0.3) is 0 Å². The van der Waals surface area contributed by atoms with Gasteiger partial charge < -0.3 is 40.5 Å². The highest BCUT2D eigenvalue weighted by Crippen LogP contribution is 2.10. The number of rotatable bonds is 24. The number of methoxy groups -OCH3 is 2. The van der Waals surface area contributed by atoms with Gasteiger partial charge in [-0.3, -0.25) is 28.8 Å². The van der Waals surface area contributed by atoms with Crippen molar-refractivity contribution >= 4 is 48.4 Å². The molecule has 0 aliphatic heterocycles. The molecule has 0 aliphatic rings. The van der Waals surface area contributed by atoms with Gasteiger partial charge in [0.1, 0.15) is 12.1 Å². The largest absolute Gasteiger partial charge is 0.467 e. The minimum absolute atomic E-state index is 0.113. The van der Waals surface area contributed by atoms with Crippen molar-refractivity contribution in [2.75, 3.05) is 40.6 Å². The third-order valence-corrected chi connectivity index (χ3v) is 8.60. The number of amides is 6. The standard InChI is InChI=1S/C40H48N6O10/c1-55-39(53)33(43-37(51)29-14-5-3-6-15-29)20-9-11-22-45(27-47)25-41-35(49)31-18-13-19-32(24-31)36(50)42-26-46(28-48)23-12-10-21-34(40(54)56-2)44-38(52)30-16-7-4-8-17-30/h3-8,13-19,24,27-28,33-34H,9-12,20-23,25-26H2,1-2H3,(H,41,49)(H,42,50)(H,43,51)(H,44,52)/t33-,34-/m0/s1. The number of hydrogen-bond acceptors (Lipinski definition) is 10. The van der Waals surface area contributed by atoms with Crippen LogP contribution in [0.4, 0.5) is 0 Å². The SMILES string of the molecule is COC(=O)[C@H](CCCCN(C=O)CNC(=O)c1cccc(C(=O)NCN(C=O)CCCC[C@H](NC(=O)c2ccccc2)C(=O)OC)c1)NC(=O)c1ccccc1. The van der Waals surface area contributed by atoms with Crippen molar-refractivity contribution in [3.8, 4) is 0 Å². The van der Waals surface area contributed by atoms with Gasteiger partial charge in [-0.05, 0) is 81.0 Å². The third-order valence-electron chi connectivity index (χ3n) is 8.60. The van der Waals surface area contributed by atoms with Gasteiger partial charge in [0.05, 0.1) is 27.6 Å². The van der Waals surface area contributed by atoms with Gasteiger partial charge in [0.15, 0.2) is 0 Å². The van der Waals surface area contributed by atoms with Crippen LogP contribution in [0, 0.1) is 0 Å². The van der Waals surface area contributed by atoms with E-state index in [0.29, 0.717) is 49.6 Å². The Bertz CT molecular complexity index is 1650. The first-order chi connectivity index (χ1) is 27.1. The highest BCUT2D eigenvalue weighted by Gasteiger charge is 2.23. The maximum absolute atomic E-state index is 12.9. The maximum atomic E-state index is 12.9. The summed E-state index contributed by atoms with van der Waals surface area (Å²) in [7, 11) is 2.47. The summed E-state index contributed by atoms with van der Waals surface area (Å²) in [5, 5.41) is 10.7. The van der Waals surface area contributed by atoms with Gasteiger partial charge in [-0.2, -0.15) is 0 Å². The van der Waals surface area contributed by atoms with Gasteiger partial charge in [0.25, 0.3) is 23.6 Å². The summed E-state index contributed by atoms with van der Waals surface area (Å²) in [6.07, 6.45) is 3.59. The molecule has 56 heavy (non-hydrogen) atoms. The molecule has 0 saturated heterocycles. The van der Waals surface area contributed by atoms with Gasteiger partial charge in [-0.1, -0.05) is 42.5 Å². The molecule has 0 saturated carbocycles. The van der Waals surface area contributed by atoms with Crippen LogP contribution in [0.3, 0.4) is 0 Å². The van der Waals surface area contributed by atoms with E-state index in [9.17, 15) is 38.4 Å². The fraction of sp³-hybridized carbons (Fsp3) is 0.350. The highest BCUT2D eigenvalue weighted by atomic mass is 16.5. The molecule has 6 amide bonds. The second kappa shape index (κ2) is 24.0. The molecule has 0 bridgehead atoms. The van der Waals surface area contributed by atoms with Crippen molar-refractivity contribution in [1.29, 1.82) is 0 Å². The minimum atomic E-state index is -0.872. The number of unbranched alkanes of at least 4 members (excludes halogenated alkanes) is 2. The maximum Gasteiger partial charge on any atom is 0.328 e. The lowest BCUT2D eigenvalue weighted by Gasteiger charge is -2.20. The predicted octanol–water partition coefficient (Wildman–Crippen LogP) is 2.26. The molecule has 0 heterocycles. The molecular weight excluding hydrogens is 724 g/mol. The number of nitrogens with one attached hydrogen (secondary N) is 4. The van der Waals surface area contributed by atoms with Crippen molar-refractivity contribution in [2.24, 2.45) is 0 Å². The zero-order chi connectivity index (χ0) is 40.7. The Morgan fingerprint density at radius 2 is 0.911 bits per heavy atom. The number of carbonyl (C=O) groups excluding carboxylic acids is 8. The van der Waals surface area contributed by atoms with E-state index in [2.05, 4.69) is 21.3 Å². The van der Waals surface area contributed by atoms with E-state index in [1.807, 2.05) is 0 Å². The first kappa shape index (κ1) is 43.8. The molecule has 0 aliphatic carbocycles. The molecule has 16 heteroatoms. The molecule has 0 unspecified atom stereocenters. The fourth-order valence-corrected chi connectivity index (χ4v) is 5.46. The second-order valence-corrected chi connectivity index (χ2v) is 12.6. The molecule has 2 atom stereocenters. The van der Waals surface area contributed by atoms with Crippen LogP contribution in [0.15, 0.2) is 84.9 Å². The third kappa shape index (κ3) is 14.7. The topological polar surface area (TPSA) is 210 Å². The highest BCUT2D eigenvalue weighted by molar-refractivity contribution is 6.00. The van der Waals surface area contributed by atoms with E-state index in [4.69, 9.17) is 9.47 Å². The Kier molecular flexibility index (Phi) is 18.7. The van der Waals surface area contributed by atoms with E-state index in [1.165, 1.54) is 48.3 Å². The molecule has 16 nitrogen and oxygen atoms in total. The van der Waals surface area contributed by atoms with Crippen LogP contribution < -0.4 is 21.3 Å². The average Bonchev–Trinajstić information content (AvgIpc) is 3.24. The molecule has 0 spiro atoms. The van der Waals surface area contributed by atoms with Crippen LogP contribution in [-0.4, -0.2) is 111 Å². The van der Waals surface area contributed by atoms with E-state index in [-0.39, 0.29) is 50.4 Å². The van der Waals surface area contributed by atoms with Crippen molar-refractivity contribution in [2.45, 2.75) is 50.6 Å². The first-order valence-corrected chi connectivity index (χ1v) is 18.0. The van der Waals surface area contributed by atoms with Gasteiger partial charge in [-0.25, -0.2) is 9.59 Å². The molecule has 0 fully saturated rings. The van der Waals surface area contributed by atoms with Crippen molar-refractivity contribution < 1.29 is 47.8 Å². The average molecular weight is 773 g/mol. The van der Waals surface area contributed by atoms with Crippen LogP contribution in [0.2, 0.25) is 0 Å². The van der Waals surface area contributed by atoms with Crippen LogP contribution in [-0.2, 0) is 28.7 Å². The van der Waals surface area contributed by atoms with Gasteiger partial charge >= 0.3 is 11.9 Å². The smallest absolute Gasteiger partial charge is 0.328 e. The Balaban J connectivity index is 1.41. The van der Waals surface area contributed by atoms with Crippen LogP contribution in [0.1, 0.15) is 80.0 Å². The second-order valence-electron chi connectivity index (χ2n) is 12.6. The van der Waals surface area contributed by atoms with E-state index in [0.717, 1.165) is 0 Å². The molecule has 4 N–H and O–H groups in total. The molecule has 0 aromatic heterocycles. The number of esters is 2. The predicted molar refractivity (Wildman–Crippen MR) is 204 cm³/mol. The molecule has 0 radical (unpaired) electrons. The summed E-state index contributed by atoms with van der Waals surface area (Å²) in [4.78, 5) is 101. The van der Waals surface area contributed by atoms with Gasteiger partial charge in [-0.15, -0.1) is 0 Å². The first-order valence-electron chi connectivity index (χ1n) is 18.0. The summed E-state index contributed by atoms with van der Waals surface area (Å²) >= 11 is 0. The Morgan fingerprint density at radius 3 is 1.27 bits per heavy atom. The molecule has 3 rings (SSSR count). The quantitative estimate of drug-likeness (QED) is 0.0452. The normalized spacial score (nSPS) is 11.5. The zero-order valence-corrected chi connectivity index (χ0v) is 31.4. The summed E-state index contributed by atoms with van der Waals surface area (Å²) in [5.41, 5.74) is 1.15. The Hall–Kier alpha value is -6.58. The number of benzene rings is 3. The number of carbonyl (C=O) groups is 8. The molecule has 3 aromatic rings. The summed E-state index contributed by atoms with van der Waals surface area (Å²) in [5.74, 6) is -3.05. The number of ether oxygens (including phenoxy) is 2. The van der Waals surface area contributed by atoms with Crippen LogP contribution >= 0.6 is 0 Å². The Labute approximate surface area is 325 Å². The summed E-state index contributed by atoms with van der Waals surface area (Å²) in [6, 6.07) is 21.1. The summed E-state index contributed by atoms with van der Waals surface area (Å²) in [6.45, 7) is 0.295. The minimum Gasteiger partial charge on any atom is -0.467 e. The van der Waals surface area contributed by atoms with E-state index < -0.39 is 47.7 Å². The lowest BCUT2D eigenvalue weighted by molar-refractivity contribution is -0.143.